The maximum absolute atomic E-state index is 6.30. The molecule has 2 aromatic carbocycles. The number of hydrogen-bond donors (Lipinski definition) is 1. The summed E-state index contributed by atoms with van der Waals surface area (Å²) in [5.41, 5.74) is 1.24. The molecular weight excluding hydrogens is 423 g/mol. The molecule has 1 heterocycles. The van der Waals surface area contributed by atoms with Crippen molar-refractivity contribution >= 4 is 41.6 Å². The molecule has 1 N–H and O–H groups in total. The van der Waals surface area contributed by atoms with Gasteiger partial charge in [-0.05, 0) is 30.4 Å². The summed E-state index contributed by atoms with van der Waals surface area (Å²) in [6.45, 7) is 0. The van der Waals surface area contributed by atoms with E-state index >= 15 is 0 Å². The zero-order valence-electron chi connectivity index (χ0n) is 15.2. The summed E-state index contributed by atoms with van der Waals surface area (Å²) in [6, 6.07) is 8.55. The van der Waals surface area contributed by atoms with Crippen LogP contribution in [0, 0.1) is 4.77 Å². The molecule has 7 nitrogen and oxygen atoms in total. The molecule has 146 valence electrons. The Hall–Kier alpha value is -2.55. The van der Waals surface area contributed by atoms with Gasteiger partial charge in [-0.3, -0.25) is 0 Å². The summed E-state index contributed by atoms with van der Waals surface area (Å²) in [4.78, 5) is 0. The topological polar surface area (TPSA) is 73.7 Å². The van der Waals surface area contributed by atoms with Crippen LogP contribution in [-0.4, -0.2) is 42.4 Å². The van der Waals surface area contributed by atoms with E-state index in [1.807, 2.05) is 0 Å². The monoisotopic (exact) mass is 438 g/mol. The number of halogens is 2. The van der Waals surface area contributed by atoms with Crippen molar-refractivity contribution in [2.75, 3.05) is 21.3 Å². The van der Waals surface area contributed by atoms with E-state index in [2.05, 4.69) is 15.3 Å². The average molecular weight is 439 g/mol. The van der Waals surface area contributed by atoms with E-state index in [1.54, 1.807) is 57.9 Å². The van der Waals surface area contributed by atoms with E-state index < -0.39 is 0 Å². The van der Waals surface area contributed by atoms with Gasteiger partial charge in [-0.2, -0.15) is 14.9 Å². The van der Waals surface area contributed by atoms with Gasteiger partial charge in [0.1, 0.15) is 17.2 Å². The van der Waals surface area contributed by atoms with Gasteiger partial charge in [0.15, 0.2) is 5.82 Å². The fraction of sp³-hybridized carbons (Fsp3) is 0.167. The quantitative estimate of drug-likeness (QED) is 0.440. The van der Waals surface area contributed by atoms with Gasteiger partial charge in [-0.15, -0.1) is 0 Å². The van der Waals surface area contributed by atoms with Crippen LogP contribution in [0.1, 0.15) is 5.56 Å². The number of H-pyrrole nitrogens is 1. The number of benzene rings is 2. The van der Waals surface area contributed by atoms with E-state index in [9.17, 15) is 0 Å². The van der Waals surface area contributed by atoms with Crippen LogP contribution in [0.25, 0.3) is 11.4 Å². The maximum atomic E-state index is 6.30. The molecule has 3 aromatic rings. The van der Waals surface area contributed by atoms with Crippen LogP contribution in [0.2, 0.25) is 10.0 Å². The fourth-order valence-electron chi connectivity index (χ4n) is 2.52. The number of methoxy groups -OCH3 is 3. The number of rotatable bonds is 6. The summed E-state index contributed by atoms with van der Waals surface area (Å²) in [5, 5.41) is 12.3. The number of aromatic amines is 1. The van der Waals surface area contributed by atoms with Crippen LogP contribution in [0.3, 0.4) is 0 Å². The lowest BCUT2D eigenvalue weighted by Gasteiger charge is -2.12. The summed E-state index contributed by atoms with van der Waals surface area (Å²) in [6.07, 6.45) is 1.57. The van der Waals surface area contributed by atoms with Gasteiger partial charge in [0.25, 0.3) is 0 Å². The molecule has 0 unspecified atom stereocenters. The number of ether oxygens (including phenoxy) is 3. The smallest absolute Gasteiger partial charge is 0.216 e. The third-order valence-corrected chi connectivity index (χ3v) is 4.69. The molecule has 0 aliphatic rings. The zero-order chi connectivity index (χ0) is 20.3. The van der Waals surface area contributed by atoms with Crippen LogP contribution in [0.15, 0.2) is 35.4 Å². The van der Waals surface area contributed by atoms with Crippen molar-refractivity contribution in [2.45, 2.75) is 0 Å². The molecule has 0 fully saturated rings. The summed E-state index contributed by atoms with van der Waals surface area (Å²) in [7, 11) is 4.66. The van der Waals surface area contributed by atoms with Gasteiger partial charge >= 0.3 is 0 Å². The number of nitrogens with zero attached hydrogens (tertiary/aromatic N) is 3. The molecule has 0 saturated carbocycles. The van der Waals surface area contributed by atoms with Crippen molar-refractivity contribution in [1.29, 1.82) is 0 Å². The lowest BCUT2D eigenvalue weighted by molar-refractivity contribution is 0.374. The Morgan fingerprint density at radius 3 is 2.32 bits per heavy atom. The molecular formula is C18H16Cl2N4O3S. The molecule has 0 amide bonds. The van der Waals surface area contributed by atoms with Gasteiger partial charge in [0, 0.05) is 22.7 Å². The summed E-state index contributed by atoms with van der Waals surface area (Å²) in [5.74, 6) is 2.09. The zero-order valence-corrected chi connectivity index (χ0v) is 17.5. The van der Waals surface area contributed by atoms with Crippen molar-refractivity contribution in [2.24, 2.45) is 5.10 Å². The van der Waals surface area contributed by atoms with E-state index in [-0.39, 0.29) is 0 Å². The van der Waals surface area contributed by atoms with Crippen molar-refractivity contribution < 1.29 is 14.2 Å². The minimum absolute atomic E-state index is 0.295. The Kier molecular flexibility index (Phi) is 6.23. The Morgan fingerprint density at radius 2 is 1.75 bits per heavy atom. The number of aromatic nitrogens is 3. The normalized spacial score (nSPS) is 11.0. The fourth-order valence-corrected chi connectivity index (χ4v) is 3.19. The standard InChI is InChI=1S/C18H16Cl2N4O3S/c1-25-11-7-15(26-2)13(16(8-11)27-3)9-21-24-17(22-23-18(24)28)12-5-4-10(19)6-14(12)20/h4-9H,1-3H3,(H,23,28)/b21-9-. The van der Waals surface area contributed by atoms with Crippen molar-refractivity contribution in [3.05, 3.63) is 50.7 Å². The predicted molar refractivity (Wildman–Crippen MR) is 112 cm³/mol. The van der Waals surface area contributed by atoms with Crippen molar-refractivity contribution in [1.82, 2.24) is 14.9 Å². The number of nitrogens with one attached hydrogen (secondary N) is 1. The van der Waals surface area contributed by atoms with Gasteiger partial charge in [-0.1, -0.05) is 23.2 Å². The molecule has 3 rings (SSSR count). The molecule has 0 aliphatic carbocycles. The highest BCUT2D eigenvalue weighted by molar-refractivity contribution is 7.71. The SMILES string of the molecule is COc1cc(OC)c(/C=N\n2c(-c3ccc(Cl)cc3Cl)n[nH]c2=S)c(OC)c1. The average Bonchev–Trinajstić information content (AvgIpc) is 3.05. The van der Waals surface area contributed by atoms with Crippen LogP contribution >= 0.6 is 35.4 Å². The lowest BCUT2D eigenvalue weighted by atomic mass is 10.2. The molecule has 1 aromatic heterocycles. The highest BCUT2D eigenvalue weighted by Crippen LogP contribution is 2.33. The second kappa shape index (κ2) is 8.64. The maximum Gasteiger partial charge on any atom is 0.216 e. The first kappa shape index (κ1) is 20.2. The van der Waals surface area contributed by atoms with Gasteiger partial charge in [0.2, 0.25) is 4.77 Å². The molecule has 10 heteroatoms. The minimum atomic E-state index is 0.295. The van der Waals surface area contributed by atoms with Crippen LogP contribution in [0.4, 0.5) is 0 Å². The highest BCUT2D eigenvalue weighted by atomic mass is 35.5. The van der Waals surface area contributed by atoms with E-state index in [4.69, 9.17) is 49.6 Å². The van der Waals surface area contributed by atoms with Gasteiger partial charge in [-0.25, -0.2) is 5.10 Å². The second-order valence-corrected chi connectivity index (χ2v) is 6.71. The Morgan fingerprint density at radius 1 is 1.07 bits per heavy atom. The van der Waals surface area contributed by atoms with Crippen LogP contribution in [-0.2, 0) is 0 Å². The van der Waals surface area contributed by atoms with E-state index in [1.165, 1.54) is 4.68 Å². The molecule has 0 atom stereocenters. The predicted octanol–water partition coefficient (Wildman–Crippen LogP) is 4.82. The third kappa shape index (κ3) is 3.99. The van der Waals surface area contributed by atoms with E-state index in [0.29, 0.717) is 49.0 Å². The second-order valence-electron chi connectivity index (χ2n) is 5.48. The largest absolute Gasteiger partial charge is 0.496 e. The lowest BCUT2D eigenvalue weighted by Crippen LogP contribution is -2.00. The summed E-state index contributed by atoms with van der Waals surface area (Å²) < 4.78 is 17.9. The summed E-state index contributed by atoms with van der Waals surface area (Å²) >= 11 is 17.6. The molecule has 0 aliphatic heterocycles. The van der Waals surface area contributed by atoms with Gasteiger partial charge < -0.3 is 14.2 Å². The molecule has 0 radical (unpaired) electrons. The molecule has 28 heavy (non-hydrogen) atoms. The highest BCUT2D eigenvalue weighted by Gasteiger charge is 2.14. The molecule has 0 saturated heterocycles. The first-order valence-electron chi connectivity index (χ1n) is 7.95. The molecule has 0 bridgehead atoms. The Balaban J connectivity index is 2.10. The van der Waals surface area contributed by atoms with Gasteiger partial charge in [0.05, 0.1) is 38.1 Å². The Bertz CT molecular complexity index is 1070. The number of hydrogen-bond acceptors (Lipinski definition) is 6. The molecule has 0 spiro atoms. The first-order valence-corrected chi connectivity index (χ1v) is 9.12. The van der Waals surface area contributed by atoms with Crippen LogP contribution < -0.4 is 14.2 Å². The van der Waals surface area contributed by atoms with E-state index in [0.717, 1.165) is 0 Å². The third-order valence-electron chi connectivity index (χ3n) is 3.88. The first-order chi connectivity index (χ1) is 13.5. The van der Waals surface area contributed by atoms with Crippen molar-refractivity contribution in [3.8, 4) is 28.6 Å². The Labute approximate surface area is 176 Å². The minimum Gasteiger partial charge on any atom is -0.496 e. The van der Waals surface area contributed by atoms with Crippen LogP contribution in [0.5, 0.6) is 17.2 Å². The van der Waals surface area contributed by atoms with Crippen molar-refractivity contribution in [3.63, 3.8) is 0 Å².